The third kappa shape index (κ3) is 5.17. The second-order valence-corrected chi connectivity index (χ2v) is 3.77. The van der Waals surface area contributed by atoms with Crippen LogP contribution in [0, 0.1) is 0 Å². The first-order valence-electron chi connectivity index (χ1n) is 5.58. The lowest BCUT2D eigenvalue weighted by Gasteiger charge is -2.10. The molecule has 0 aliphatic rings. The molecule has 0 radical (unpaired) electrons. The van der Waals surface area contributed by atoms with Crippen molar-refractivity contribution in [2.24, 2.45) is 0 Å². The molecule has 0 aliphatic carbocycles. The number of amides is 2. The highest BCUT2D eigenvalue weighted by molar-refractivity contribution is 5.98. The summed E-state index contributed by atoms with van der Waals surface area (Å²) in [6, 6.07) is 6.28. The predicted molar refractivity (Wildman–Crippen MR) is 64.4 cm³/mol. The summed E-state index contributed by atoms with van der Waals surface area (Å²) in [5, 5.41) is 3.86. The molecule has 0 aliphatic heterocycles. The second kappa shape index (κ2) is 6.78. The summed E-state index contributed by atoms with van der Waals surface area (Å²) in [5.41, 5.74) is 0.193. The van der Waals surface area contributed by atoms with Crippen molar-refractivity contribution >= 4 is 11.8 Å². The molecule has 1 rings (SSSR count). The van der Waals surface area contributed by atoms with Crippen molar-refractivity contribution in [1.82, 2.24) is 10.6 Å². The number of alkyl halides is 3. The van der Waals surface area contributed by atoms with E-state index in [1.54, 1.807) is 23.5 Å². The smallest absolute Gasteiger partial charge is 0.405 e. The van der Waals surface area contributed by atoms with Gasteiger partial charge in [0.1, 0.15) is 12.3 Å². The van der Waals surface area contributed by atoms with Crippen LogP contribution in [0.15, 0.2) is 24.3 Å². The van der Waals surface area contributed by atoms with Gasteiger partial charge in [-0.2, -0.15) is 13.2 Å². The molecule has 0 saturated carbocycles. The number of benzene rings is 1. The number of nitrogens with one attached hydrogen (secondary N) is 2. The lowest BCUT2D eigenvalue weighted by atomic mass is 10.2. The third-order valence-corrected chi connectivity index (χ3v) is 2.25. The van der Waals surface area contributed by atoms with Gasteiger partial charge in [0, 0.05) is 0 Å². The molecule has 1 aromatic carbocycles. The Morgan fingerprint density at radius 2 is 1.85 bits per heavy atom. The summed E-state index contributed by atoms with van der Waals surface area (Å²) in [4.78, 5) is 22.9. The summed E-state index contributed by atoms with van der Waals surface area (Å²) in [6.45, 7) is -1.98. The van der Waals surface area contributed by atoms with E-state index in [4.69, 9.17) is 4.74 Å². The van der Waals surface area contributed by atoms with E-state index in [-0.39, 0.29) is 5.56 Å². The van der Waals surface area contributed by atoms with Crippen molar-refractivity contribution in [1.29, 1.82) is 0 Å². The molecule has 20 heavy (non-hydrogen) atoms. The standard InChI is InChI=1S/C12H13F3N2O3/c1-20-9-5-3-2-4-8(9)11(19)16-6-10(18)17-7-12(13,14)15/h2-5H,6-7H2,1H3,(H,16,19)(H,17,18). The van der Waals surface area contributed by atoms with Crippen molar-refractivity contribution in [3.8, 4) is 5.75 Å². The van der Waals surface area contributed by atoms with Crippen LogP contribution in [-0.4, -0.2) is 38.2 Å². The fraction of sp³-hybridized carbons (Fsp3) is 0.333. The first kappa shape index (κ1) is 15.8. The molecule has 0 spiro atoms. The predicted octanol–water partition coefficient (Wildman–Crippen LogP) is 1.10. The van der Waals surface area contributed by atoms with E-state index in [1.807, 2.05) is 0 Å². The van der Waals surface area contributed by atoms with E-state index in [2.05, 4.69) is 5.32 Å². The van der Waals surface area contributed by atoms with Crippen LogP contribution < -0.4 is 15.4 Å². The van der Waals surface area contributed by atoms with Gasteiger partial charge in [-0.1, -0.05) is 12.1 Å². The topological polar surface area (TPSA) is 67.4 Å². The molecule has 0 unspecified atom stereocenters. The summed E-state index contributed by atoms with van der Waals surface area (Å²) < 4.78 is 40.5. The molecule has 0 aromatic heterocycles. The quantitative estimate of drug-likeness (QED) is 0.853. The van der Waals surface area contributed by atoms with Crippen LogP contribution in [0.1, 0.15) is 10.4 Å². The van der Waals surface area contributed by atoms with Crippen LogP contribution in [0.25, 0.3) is 0 Å². The average Bonchev–Trinajstić information content (AvgIpc) is 2.41. The zero-order valence-electron chi connectivity index (χ0n) is 10.6. The minimum absolute atomic E-state index is 0.193. The second-order valence-electron chi connectivity index (χ2n) is 3.77. The largest absolute Gasteiger partial charge is 0.496 e. The van der Waals surface area contributed by atoms with Gasteiger partial charge in [-0.3, -0.25) is 9.59 Å². The number of ether oxygens (including phenoxy) is 1. The number of carbonyl (C=O) groups is 2. The Labute approximate surface area is 113 Å². The van der Waals surface area contributed by atoms with Crippen molar-refractivity contribution < 1.29 is 27.5 Å². The number of methoxy groups -OCH3 is 1. The molecule has 2 amide bonds. The van der Waals surface area contributed by atoms with Crippen LogP contribution in [0.2, 0.25) is 0 Å². The molecule has 0 fully saturated rings. The molecule has 2 N–H and O–H groups in total. The number of rotatable bonds is 5. The Balaban J connectivity index is 2.49. The van der Waals surface area contributed by atoms with Crippen molar-refractivity contribution in [3.63, 3.8) is 0 Å². The molecule has 0 atom stereocenters. The fourth-order valence-corrected chi connectivity index (χ4v) is 1.35. The Morgan fingerprint density at radius 3 is 2.45 bits per heavy atom. The first-order chi connectivity index (χ1) is 9.33. The normalized spacial score (nSPS) is 10.8. The number of carbonyl (C=O) groups excluding carboxylic acids is 2. The summed E-state index contributed by atoms with van der Waals surface area (Å²) in [7, 11) is 1.38. The van der Waals surface area contributed by atoms with Crippen molar-refractivity contribution in [2.45, 2.75) is 6.18 Å². The summed E-state index contributed by atoms with van der Waals surface area (Å²) in [5.74, 6) is -1.23. The van der Waals surface area contributed by atoms with E-state index < -0.39 is 31.1 Å². The SMILES string of the molecule is COc1ccccc1C(=O)NCC(=O)NCC(F)(F)F. The average molecular weight is 290 g/mol. The highest BCUT2D eigenvalue weighted by Crippen LogP contribution is 2.16. The van der Waals surface area contributed by atoms with Crippen molar-refractivity contribution in [2.75, 3.05) is 20.2 Å². The summed E-state index contributed by atoms with van der Waals surface area (Å²) in [6.07, 6.45) is -4.48. The highest BCUT2D eigenvalue weighted by atomic mass is 19.4. The highest BCUT2D eigenvalue weighted by Gasteiger charge is 2.27. The van der Waals surface area contributed by atoms with E-state index in [1.165, 1.54) is 13.2 Å². The van der Waals surface area contributed by atoms with E-state index in [0.29, 0.717) is 5.75 Å². The van der Waals surface area contributed by atoms with Crippen LogP contribution in [0.5, 0.6) is 5.75 Å². The van der Waals surface area contributed by atoms with E-state index in [0.717, 1.165) is 0 Å². The van der Waals surface area contributed by atoms with Gasteiger partial charge in [-0.25, -0.2) is 0 Å². The first-order valence-corrected chi connectivity index (χ1v) is 5.58. The molecule has 0 bridgehead atoms. The van der Waals surface area contributed by atoms with Gasteiger partial charge in [0.15, 0.2) is 0 Å². The van der Waals surface area contributed by atoms with E-state index in [9.17, 15) is 22.8 Å². The zero-order valence-corrected chi connectivity index (χ0v) is 10.6. The molecule has 1 aromatic rings. The number of hydrogen-bond acceptors (Lipinski definition) is 3. The molecule has 8 heteroatoms. The monoisotopic (exact) mass is 290 g/mol. The molecular formula is C12H13F3N2O3. The lowest BCUT2D eigenvalue weighted by Crippen LogP contribution is -2.40. The van der Waals surface area contributed by atoms with Crippen LogP contribution in [-0.2, 0) is 4.79 Å². The molecule has 0 saturated heterocycles. The minimum Gasteiger partial charge on any atom is -0.496 e. The van der Waals surface area contributed by atoms with Crippen LogP contribution in [0.3, 0.4) is 0 Å². The Morgan fingerprint density at radius 1 is 1.20 bits per heavy atom. The molecule has 110 valence electrons. The van der Waals surface area contributed by atoms with Crippen LogP contribution >= 0.6 is 0 Å². The van der Waals surface area contributed by atoms with Gasteiger partial charge < -0.3 is 15.4 Å². The molecule has 0 heterocycles. The van der Waals surface area contributed by atoms with Gasteiger partial charge in [0.05, 0.1) is 19.2 Å². The van der Waals surface area contributed by atoms with Gasteiger partial charge in [-0.05, 0) is 12.1 Å². The number of hydrogen-bond donors (Lipinski definition) is 2. The van der Waals surface area contributed by atoms with Gasteiger partial charge in [0.2, 0.25) is 5.91 Å². The molecular weight excluding hydrogens is 277 g/mol. The van der Waals surface area contributed by atoms with Gasteiger partial charge in [0.25, 0.3) is 5.91 Å². The number of halogens is 3. The van der Waals surface area contributed by atoms with Gasteiger partial charge in [-0.15, -0.1) is 0 Å². The third-order valence-electron chi connectivity index (χ3n) is 2.25. The maximum atomic E-state index is 11.9. The fourth-order valence-electron chi connectivity index (χ4n) is 1.35. The Hall–Kier alpha value is -2.25. The lowest BCUT2D eigenvalue weighted by molar-refractivity contribution is -0.137. The van der Waals surface area contributed by atoms with Crippen molar-refractivity contribution in [3.05, 3.63) is 29.8 Å². The Bertz CT molecular complexity index is 489. The van der Waals surface area contributed by atoms with Gasteiger partial charge >= 0.3 is 6.18 Å². The maximum Gasteiger partial charge on any atom is 0.405 e. The van der Waals surface area contributed by atoms with Crippen LogP contribution in [0.4, 0.5) is 13.2 Å². The summed E-state index contributed by atoms with van der Waals surface area (Å²) >= 11 is 0. The maximum absolute atomic E-state index is 11.9. The van der Waals surface area contributed by atoms with E-state index >= 15 is 0 Å². The number of para-hydroxylation sites is 1. The Kier molecular flexibility index (Phi) is 5.36. The molecule has 5 nitrogen and oxygen atoms in total. The minimum atomic E-state index is -4.48. The zero-order chi connectivity index (χ0) is 15.2.